The van der Waals surface area contributed by atoms with E-state index in [4.69, 9.17) is 4.74 Å². The number of aromatic nitrogens is 5. The van der Waals surface area contributed by atoms with E-state index in [1.54, 1.807) is 40.0 Å². The summed E-state index contributed by atoms with van der Waals surface area (Å²) in [6.07, 6.45) is 14.6. The van der Waals surface area contributed by atoms with Gasteiger partial charge in [-0.05, 0) is 101 Å². The van der Waals surface area contributed by atoms with Crippen LogP contribution in [-0.4, -0.2) is 89.7 Å². The third kappa shape index (κ3) is 9.29. The van der Waals surface area contributed by atoms with Gasteiger partial charge >= 0.3 is 0 Å². The molecular formula is C33H48FN7O4S2. The maximum Gasteiger partial charge on any atom is 0.270 e. The lowest BCUT2D eigenvalue weighted by molar-refractivity contribution is -0.119. The molecule has 0 aromatic carbocycles. The molecule has 5 rings (SSSR count). The average molecular weight is 690 g/mol. The molecule has 3 aromatic heterocycles. The smallest absolute Gasteiger partial charge is 0.270 e. The molecule has 2 amide bonds. The number of pyridine rings is 1. The van der Waals surface area contributed by atoms with Crippen LogP contribution in [0.25, 0.3) is 11.1 Å². The summed E-state index contributed by atoms with van der Waals surface area (Å²) in [6, 6.07) is 4.01. The van der Waals surface area contributed by atoms with Crippen LogP contribution in [0.3, 0.4) is 0 Å². The number of amides is 2. The zero-order valence-electron chi connectivity index (χ0n) is 28.3. The summed E-state index contributed by atoms with van der Waals surface area (Å²) in [7, 11) is -1.60. The highest BCUT2D eigenvalue weighted by Gasteiger charge is 2.48. The van der Waals surface area contributed by atoms with Gasteiger partial charge in [-0.25, -0.2) is 19.7 Å². The van der Waals surface area contributed by atoms with E-state index in [1.807, 2.05) is 13.8 Å². The minimum Gasteiger partial charge on any atom is -0.358 e. The lowest BCUT2D eigenvalue weighted by Crippen LogP contribution is -2.50. The highest BCUT2D eigenvalue weighted by Crippen LogP contribution is 2.51. The minimum atomic E-state index is -0.938. The molecule has 14 heteroatoms. The Morgan fingerprint density at radius 1 is 1.11 bits per heavy atom. The monoisotopic (exact) mass is 689 g/mol. The molecule has 2 atom stereocenters. The fraction of sp³-hybridized carbons (Fsp3) is 0.606. The first-order chi connectivity index (χ1) is 22.3. The zero-order chi connectivity index (χ0) is 33.9. The van der Waals surface area contributed by atoms with Crippen LogP contribution < -0.4 is 10.6 Å². The predicted molar refractivity (Wildman–Crippen MR) is 186 cm³/mol. The summed E-state index contributed by atoms with van der Waals surface area (Å²) in [5, 5.41) is 14.6. The number of nitrogens with zero attached hydrogens (tertiary/aromatic N) is 5. The highest BCUT2D eigenvalue weighted by molar-refractivity contribution is 8.32. The van der Waals surface area contributed by atoms with E-state index in [9.17, 15) is 13.8 Å². The number of carbonyl (C=O) groups is 2. The van der Waals surface area contributed by atoms with Crippen molar-refractivity contribution in [2.24, 2.45) is 17.8 Å². The highest BCUT2D eigenvalue weighted by atomic mass is 32.3. The zero-order valence-corrected chi connectivity index (χ0v) is 29.9. The summed E-state index contributed by atoms with van der Waals surface area (Å²) in [5.74, 6) is 0.756. The molecule has 0 aliphatic heterocycles. The van der Waals surface area contributed by atoms with Crippen molar-refractivity contribution in [3.05, 3.63) is 47.4 Å². The second-order valence-electron chi connectivity index (χ2n) is 13.7. The maximum absolute atomic E-state index is 15.6. The first-order valence-electron chi connectivity index (χ1n) is 16.2. The van der Waals surface area contributed by atoms with Gasteiger partial charge in [0.15, 0.2) is 0 Å². The second-order valence-corrected chi connectivity index (χ2v) is 19.8. The number of aryl methyl sites for hydroxylation is 2. The number of hydrogen-bond acceptors (Lipinski definition) is 7. The number of carbonyl (C=O) groups excluding carboxylic acids is 2. The topological polar surface area (TPSA) is 133 Å². The van der Waals surface area contributed by atoms with Crippen molar-refractivity contribution >= 4 is 38.5 Å². The van der Waals surface area contributed by atoms with Crippen molar-refractivity contribution in [1.29, 1.82) is 0 Å². The average Bonchev–Trinajstić information content (AvgIpc) is 3.93. The van der Waals surface area contributed by atoms with E-state index in [1.165, 1.54) is 0 Å². The maximum atomic E-state index is 15.6. The molecule has 258 valence electrons. The van der Waals surface area contributed by atoms with Crippen molar-refractivity contribution in [3.63, 3.8) is 0 Å². The van der Waals surface area contributed by atoms with E-state index in [-0.39, 0.29) is 18.5 Å². The van der Waals surface area contributed by atoms with Gasteiger partial charge < -0.3 is 15.4 Å². The number of halogens is 1. The molecule has 3 heterocycles. The van der Waals surface area contributed by atoms with Gasteiger partial charge in [-0.15, -0.1) is 0 Å². The molecule has 2 aliphatic rings. The molecule has 11 nitrogen and oxygen atoms in total. The Morgan fingerprint density at radius 2 is 1.81 bits per heavy atom. The van der Waals surface area contributed by atoms with Crippen LogP contribution in [0, 0.1) is 37.5 Å². The second kappa shape index (κ2) is 15.0. The van der Waals surface area contributed by atoms with E-state index in [0.29, 0.717) is 59.7 Å². The molecular weight excluding hydrogens is 642 g/mol. The summed E-state index contributed by atoms with van der Waals surface area (Å²) in [5.41, 5.74) is 2.71. The summed E-state index contributed by atoms with van der Waals surface area (Å²) < 4.78 is 36.3. The quantitative estimate of drug-likeness (QED) is 0.158. The van der Waals surface area contributed by atoms with Crippen molar-refractivity contribution in [3.8, 4) is 11.1 Å². The number of nitrogens with one attached hydrogen (secondary N) is 2. The number of ether oxygens (including phenoxy) is 1. The molecule has 2 N–H and O–H groups in total. The van der Waals surface area contributed by atoms with Crippen LogP contribution in [0.4, 0.5) is 10.2 Å². The Balaban J connectivity index is 1.30. The van der Waals surface area contributed by atoms with Crippen LogP contribution in [0.2, 0.25) is 0 Å². The molecule has 2 aliphatic carbocycles. The van der Waals surface area contributed by atoms with Gasteiger partial charge in [0.2, 0.25) is 11.9 Å². The van der Waals surface area contributed by atoms with Gasteiger partial charge in [0.1, 0.15) is 24.3 Å². The number of hydrogen-bond donors (Lipinski definition) is 2. The first-order valence-corrected chi connectivity index (χ1v) is 21.0. The normalized spacial score (nSPS) is 16.7. The van der Waals surface area contributed by atoms with E-state index < -0.39 is 44.6 Å². The molecule has 0 radical (unpaired) electrons. The number of anilines is 1. The van der Waals surface area contributed by atoms with Gasteiger partial charge in [0, 0.05) is 58.1 Å². The molecule has 0 saturated heterocycles. The Labute approximate surface area is 280 Å². The van der Waals surface area contributed by atoms with Crippen LogP contribution in [0.1, 0.15) is 54.0 Å². The molecule has 0 bridgehead atoms. The molecule has 2 saturated carbocycles. The van der Waals surface area contributed by atoms with Crippen molar-refractivity contribution in [1.82, 2.24) is 29.9 Å². The SMILES string of the molecule is Cc1nn(COCCS(C)(C)C)c(C)c1-c1ccc(NC(=O)[C@@H](NC(=O)c2ccnn2CCCS(C)=O)C(C2CC2)C2CC2)nc1F. The summed E-state index contributed by atoms with van der Waals surface area (Å²) in [6.45, 7) is 5.06. The Hall–Kier alpha value is -3.10. The fourth-order valence-corrected chi connectivity index (χ4v) is 7.28. The van der Waals surface area contributed by atoms with Crippen LogP contribution in [0.5, 0.6) is 0 Å². The molecule has 47 heavy (non-hydrogen) atoms. The van der Waals surface area contributed by atoms with E-state index >= 15 is 4.39 Å². The molecule has 0 spiro atoms. The Kier molecular flexibility index (Phi) is 11.2. The van der Waals surface area contributed by atoms with Gasteiger partial charge in [-0.1, -0.05) is 0 Å². The van der Waals surface area contributed by atoms with Crippen LogP contribution in [0.15, 0.2) is 24.4 Å². The lowest BCUT2D eigenvalue weighted by Gasteiger charge is -2.27. The number of rotatable bonds is 17. The van der Waals surface area contributed by atoms with Gasteiger partial charge in [0.25, 0.3) is 5.91 Å². The summed E-state index contributed by atoms with van der Waals surface area (Å²) >= 11 is 0. The molecule has 2 fully saturated rings. The van der Waals surface area contributed by atoms with Crippen molar-refractivity contribution < 1.29 is 22.9 Å². The van der Waals surface area contributed by atoms with E-state index in [2.05, 4.69) is 44.6 Å². The fourth-order valence-electron chi connectivity index (χ4n) is 6.13. The first kappa shape index (κ1) is 35.2. The molecule has 1 unspecified atom stereocenters. The third-order valence-corrected chi connectivity index (χ3v) is 11.1. The van der Waals surface area contributed by atoms with Gasteiger partial charge in [-0.2, -0.15) is 14.6 Å². The van der Waals surface area contributed by atoms with Crippen molar-refractivity contribution in [2.45, 2.75) is 65.3 Å². The van der Waals surface area contributed by atoms with Gasteiger partial charge in [-0.3, -0.25) is 18.5 Å². The predicted octanol–water partition coefficient (Wildman–Crippen LogP) is 4.51. The van der Waals surface area contributed by atoms with Gasteiger partial charge in [0.05, 0.1) is 12.3 Å². The largest absolute Gasteiger partial charge is 0.358 e. The van der Waals surface area contributed by atoms with E-state index in [0.717, 1.165) is 37.1 Å². The van der Waals surface area contributed by atoms with Crippen LogP contribution >= 0.6 is 10.0 Å². The molecule has 3 aromatic rings. The van der Waals surface area contributed by atoms with Crippen molar-refractivity contribution in [2.75, 3.05) is 48.5 Å². The standard InChI is InChI=1S/C33H48FN7O4S2/c1-21-28(22(2)41(39-21)20-45-17-19-47(4,5)6)25-12-13-27(36-31(25)34)37-33(43)30(29(23-8-9-23)24-10-11-24)38-32(42)26-14-15-35-40(26)16-7-18-46(3)44/h12-15,23-24,29-30H,7-11,16-20H2,1-6H3,(H,38,42)(H,36,37,43)/t30-,46?/m0/s1. The minimum absolute atomic E-state index is 0.00915. The Morgan fingerprint density at radius 3 is 2.43 bits per heavy atom. The lowest BCUT2D eigenvalue weighted by atomic mass is 9.88. The Bertz CT molecular complexity index is 1600. The summed E-state index contributed by atoms with van der Waals surface area (Å²) in [4.78, 5) is 31.5. The van der Waals surface area contributed by atoms with Crippen LogP contribution in [-0.2, 0) is 33.6 Å². The third-order valence-electron chi connectivity index (χ3n) is 8.84.